The van der Waals surface area contributed by atoms with Gasteiger partial charge in [-0.2, -0.15) is 0 Å². The molecule has 0 aliphatic carbocycles. The molecular weight excluding hydrogens is 366 g/mol. The Morgan fingerprint density at radius 3 is 2.45 bits per heavy atom. The molecule has 29 heavy (non-hydrogen) atoms. The lowest BCUT2D eigenvalue weighted by Crippen LogP contribution is -2.54. The van der Waals surface area contributed by atoms with Crippen LogP contribution in [0.25, 0.3) is 0 Å². The Hall–Kier alpha value is -2.86. The van der Waals surface area contributed by atoms with E-state index in [1.807, 2.05) is 30.3 Å². The minimum absolute atomic E-state index is 0.0728. The van der Waals surface area contributed by atoms with Crippen LogP contribution in [-0.2, 0) is 16.0 Å². The summed E-state index contributed by atoms with van der Waals surface area (Å²) in [5, 5.41) is 3.03. The van der Waals surface area contributed by atoms with Crippen LogP contribution in [0, 0.1) is 0 Å². The number of rotatable bonds is 7. The molecule has 154 valence electrons. The number of amides is 1. The zero-order valence-electron chi connectivity index (χ0n) is 17.1. The van der Waals surface area contributed by atoms with Crippen LogP contribution in [0.1, 0.15) is 22.8 Å². The summed E-state index contributed by atoms with van der Waals surface area (Å²) in [7, 11) is 1.38. The Bertz CT molecular complexity index is 808. The largest absolute Gasteiger partial charge is 0.465 e. The molecule has 2 aromatic rings. The van der Waals surface area contributed by atoms with Crippen molar-refractivity contribution in [1.82, 2.24) is 10.2 Å². The molecule has 1 heterocycles. The number of carbonyl (C=O) groups is 2. The number of hydrogen-bond donors (Lipinski definition) is 1. The van der Waals surface area contributed by atoms with E-state index in [0.717, 1.165) is 31.7 Å². The van der Waals surface area contributed by atoms with Crippen molar-refractivity contribution in [3.8, 4) is 0 Å². The lowest BCUT2D eigenvalue weighted by Gasteiger charge is -2.40. The van der Waals surface area contributed by atoms with E-state index in [1.54, 1.807) is 12.1 Å². The minimum atomic E-state index is -0.326. The van der Waals surface area contributed by atoms with E-state index in [0.29, 0.717) is 18.7 Å². The van der Waals surface area contributed by atoms with E-state index in [1.165, 1.54) is 12.7 Å². The first-order valence-corrected chi connectivity index (χ1v) is 10.0. The summed E-state index contributed by atoms with van der Waals surface area (Å²) in [6.45, 7) is 5.74. The van der Waals surface area contributed by atoms with Gasteiger partial charge in [-0.1, -0.05) is 30.3 Å². The van der Waals surface area contributed by atoms with Gasteiger partial charge in [0.15, 0.2) is 0 Å². The fourth-order valence-corrected chi connectivity index (χ4v) is 3.62. The summed E-state index contributed by atoms with van der Waals surface area (Å²) in [5.74, 6) is -0.253. The van der Waals surface area contributed by atoms with Gasteiger partial charge in [0.05, 0.1) is 19.2 Å². The number of esters is 1. The normalized spacial score (nSPS) is 17.0. The van der Waals surface area contributed by atoms with Crippen LogP contribution in [0.2, 0.25) is 0 Å². The molecule has 0 saturated carbocycles. The van der Waals surface area contributed by atoms with Gasteiger partial charge in [-0.05, 0) is 43.2 Å². The Kier molecular flexibility index (Phi) is 7.25. The minimum Gasteiger partial charge on any atom is -0.465 e. The second-order valence-corrected chi connectivity index (χ2v) is 7.39. The number of benzene rings is 2. The topological polar surface area (TPSA) is 61.9 Å². The predicted molar refractivity (Wildman–Crippen MR) is 114 cm³/mol. The standard InChI is InChI=1S/C23H29N3O3/c1-18-16-26(21-10-8-20(9-11-21)23(28)29-2)15-14-25(18)17-22(27)24-13-12-19-6-4-3-5-7-19/h3-11,18H,12-17H2,1-2H3,(H,24,27). The number of piperazine rings is 1. The number of methoxy groups -OCH3 is 1. The third kappa shape index (κ3) is 5.81. The molecule has 1 N–H and O–H groups in total. The Morgan fingerprint density at radius 1 is 1.07 bits per heavy atom. The predicted octanol–water partition coefficient (Wildman–Crippen LogP) is 2.34. The van der Waals surface area contributed by atoms with Gasteiger partial charge >= 0.3 is 5.97 Å². The van der Waals surface area contributed by atoms with Gasteiger partial charge in [0.2, 0.25) is 5.91 Å². The fraction of sp³-hybridized carbons (Fsp3) is 0.391. The average molecular weight is 396 g/mol. The Morgan fingerprint density at radius 2 is 1.79 bits per heavy atom. The molecule has 6 nitrogen and oxygen atoms in total. The van der Waals surface area contributed by atoms with E-state index in [4.69, 9.17) is 4.74 Å². The molecule has 1 aliphatic heterocycles. The molecule has 1 aliphatic rings. The zero-order chi connectivity index (χ0) is 20.6. The van der Waals surface area contributed by atoms with Crippen molar-refractivity contribution in [3.05, 3.63) is 65.7 Å². The van der Waals surface area contributed by atoms with Crippen LogP contribution in [0.5, 0.6) is 0 Å². The molecule has 3 rings (SSSR count). The van der Waals surface area contributed by atoms with Crippen LogP contribution < -0.4 is 10.2 Å². The van der Waals surface area contributed by atoms with Crippen molar-refractivity contribution in [2.75, 3.05) is 44.7 Å². The van der Waals surface area contributed by atoms with Crippen molar-refractivity contribution >= 4 is 17.6 Å². The molecule has 0 aromatic heterocycles. The summed E-state index contributed by atoms with van der Waals surface area (Å²) in [6.07, 6.45) is 0.845. The van der Waals surface area contributed by atoms with Gasteiger partial charge in [0, 0.05) is 37.9 Å². The molecule has 0 radical (unpaired) electrons. The van der Waals surface area contributed by atoms with Crippen molar-refractivity contribution < 1.29 is 14.3 Å². The van der Waals surface area contributed by atoms with Gasteiger partial charge in [0.1, 0.15) is 0 Å². The van der Waals surface area contributed by atoms with Crippen LogP contribution >= 0.6 is 0 Å². The van der Waals surface area contributed by atoms with Gasteiger partial charge in [-0.3, -0.25) is 9.69 Å². The molecule has 1 unspecified atom stereocenters. The lowest BCUT2D eigenvalue weighted by atomic mass is 10.1. The quantitative estimate of drug-likeness (QED) is 0.729. The highest BCUT2D eigenvalue weighted by Crippen LogP contribution is 2.20. The second kappa shape index (κ2) is 10.1. The maximum absolute atomic E-state index is 12.3. The van der Waals surface area contributed by atoms with Crippen molar-refractivity contribution in [3.63, 3.8) is 0 Å². The third-order valence-corrected chi connectivity index (χ3v) is 5.34. The molecule has 2 aromatic carbocycles. The van der Waals surface area contributed by atoms with Gasteiger partial charge in [-0.25, -0.2) is 4.79 Å². The third-order valence-electron chi connectivity index (χ3n) is 5.34. The maximum Gasteiger partial charge on any atom is 0.337 e. The highest BCUT2D eigenvalue weighted by molar-refractivity contribution is 5.89. The van der Waals surface area contributed by atoms with Crippen LogP contribution in [0.4, 0.5) is 5.69 Å². The van der Waals surface area contributed by atoms with E-state index in [-0.39, 0.29) is 17.9 Å². The second-order valence-electron chi connectivity index (χ2n) is 7.39. The Labute approximate surface area is 172 Å². The summed E-state index contributed by atoms with van der Waals surface area (Å²) in [4.78, 5) is 28.4. The first-order valence-electron chi connectivity index (χ1n) is 10.0. The first kappa shape index (κ1) is 20.9. The van der Waals surface area contributed by atoms with Crippen LogP contribution in [-0.4, -0.2) is 62.7 Å². The Balaban J connectivity index is 1.44. The number of ether oxygens (including phenoxy) is 1. The highest BCUT2D eigenvalue weighted by atomic mass is 16.5. The van der Waals surface area contributed by atoms with E-state index >= 15 is 0 Å². The number of nitrogens with one attached hydrogen (secondary N) is 1. The molecule has 1 saturated heterocycles. The number of anilines is 1. The maximum atomic E-state index is 12.3. The van der Waals surface area contributed by atoms with Gasteiger partial charge in [0.25, 0.3) is 0 Å². The van der Waals surface area contributed by atoms with Crippen molar-refractivity contribution in [2.24, 2.45) is 0 Å². The molecule has 1 fully saturated rings. The van der Waals surface area contributed by atoms with Crippen LogP contribution in [0.3, 0.4) is 0 Å². The van der Waals surface area contributed by atoms with Crippen molar-refractivity contribution in [1.29, 1.82) is 0 Å². The van der Waals surface area contributed by atoms with E-state index in [2.05, 4.69) is 34.2 Å². The summed E-state index contributed by atoms with van der Waals surface area (Å²) in [5.41, 5.74) is 2.86. The van der Waals surface area contributed by atoms with Crippen molar-refractivity contribution in [2.45, 2.75) is 19.4 Å². The van der Waals surface area contributed by atoms with E-state index < -0.39 is 0 Å². The number of carbonyl (C=O) groups excluding carboxylic acids is 2. The fourth-order valence-electron chi connectivity index (χ4n) is 3.62. The molecule has 0 spiro atoms. The van der Waals surface area contributed by atoms with Crippen LogP contribution in [0.15, 0.2) is 54.6 Å². The highest BCUT2D eigenvalue weighted by Gasteiger charge is 2.25. The number of nitrogens with zero attached hydrogens (tertiary/aromatic N) is 2. The SMILES string of the molecule is COC(=O)c1ccc(N2CCN(CC(=O)NCCc3ccccc3)C(C)C2)cc1. The monoisotopic (exact) mass is 395 g/mol. The first-order chi connectivity index (χ1) is 14.1. The summed E-state index contributed by atoms with van der Waals surface area (Å²) < 4.78 is 4.75. The number of hydrogen-bond acceptors (Lipinski definition) is 5. The zero-order valence-corrected chi connectivity index (χ0v) is 17.1. The molecule has 1 atom stereocenters. The van der Waals surface area contributed by atoms with Gasteiger partial charge < -0.3 is 15.0 Å². The molecule has 6 heteroatoms. The lowest BCUT2D eigenvalue weighted by molar-refractivity contribution is -0.122. The smallest absolute Gasteiger partial charge is 0.337 e. The summed E-state index contributed by atoms with van der Waals surface area (Å²) in [6, 6.07) is 17.9. The molecule has 1 amide bonds. The van der Waals surface area contributed by atoms with Gasteiger partial charge in [-0.15, -0.1) is 0 Å². The average Bonchev–Trinajstić information content (AvgIpc) is 2.75. The summed E-state index contributed by atoms with van der Waals surface area (Å²) >= 11 is 0. The van der Waals surface area contributed by atoms with E-state index in [9.17, 15) is 9.59 Å². The molecular formula is C23H29N3O3. The molecule has 0 bridgehead atoms.